The molecule has 1 saturated heterocycles. The van der Waals surface area contributed by atoms with Crippen LogP contribution < -0.4 is 14.2 Å². The Bertz CT molecular complexity index is 1050. The van der Waals surface area contributed by atoms with Crippen molar-refractivity contribution in [1.29, 1.82) is 0 Å². The van der Waals surface area contributed by atoms with E-state index < -0.39 is 0 Å². The minimum absolute atomic E-state index is 0.0509. The first kappa shape index (κ1) is 24.2. The molecule has 1 heterocycles. The summed E-state index contributed by atoms with van der Waals surface area (Å²) in [4.78, 5) is 20.2. The van der Waals surface area contributed by atoms with Gasteiger partial charge in [-0.05, 0) is 88.8 Å². The van der Waals surface area contributed by atoms with Gasteiger partial charge in [0, 0.05) is 6.54 Å². The summed E-state index contributed by atoms with van der Waals surface area (Å²) in [5.74, 6) is 1.98. The third kappa shape index (κ3) is 5.66. The number of nitrogens with zero attached hydrogens (tertiary/aromatic N) is 2. The number of amides is 1. The third-order valence-corrected chi connectivity index (χ3v) is 6.34. The molecule has 0 N–H and O–H groups in total. The predicted molar refractivity (Wildman–Crippen MR) is 139 cm³/mol. The van der Waals surface area contributed by atoms with Crippen molar-refractivity contribution in [1.82, 2.24) is 4.90 Å². The average Bonchev–Trinajstić information content (AvgIpc) is 3.07. The molecule has 1 aliphatic heterocycles. The second-order valence-electron chi connectivity index (χ2n) is 6.79. The number of halogens is 1. The number of ether oxygens (including phenoxy) is 3. The van der Waals surface area contributed by atoms with E-state index in [0.717, 1.165) is 27.0 Å². The first-order valence-corrected chi connectivity index (χ1v) is 12.0. The standard InChI is InChI=1S/C24H25IN2O4S/c1-5-11-27-23(28)21(32-24(27)26-17-7-9-18(29-3)10-8-17)15-16-13-19(25)22(31-12-6-2)20(14-16)30-4/h6-10,13-15H,2,5,11-12H2,1,3-4H3/b21-15+,26-24?. The van der Waals surface area contributed by atoms with Crippen LogP contribution >= 0.6 is 34.4 Å². The largest absolute Gasteiger partial charge is 0.497 e. The fourth-order valence-corrected chi connectivity index (χ4v) is 4.84. The number of amidine groups is 1. The molecule has 1 aliphatic rings. The van der Waals surface area contributed by atoms with Gasteiger partial charge in [0.15, 0.2) is 16.7 Å². The van der Waals surface area contributed by atoms with E-state index in [4.69, 9.17) is 19.2 Å². The number of methoxy groups -OCH3 is 2. The van der Waals surface area contributed by atoms with Crippen LogP contribution in [0, 0.1) is 3.57 Å². The van der Waals surface area contributed by atoms with E-state index in [9.17, 15) is 4.79 Å². The summed E-state index contributed by atoms with van der Waals surface area (Å²) in [6.45, 7) is 6.72. The molecular weight excluding hydrogens is 539 g/mol. The summed E-state index contributed by atoms with van der Waals surface area (Å²) >= 11 is 3.58. The van der Waals surface area contributed by atoms with Crippen molar-refractivity contribution in [3.63, 3.8) is 0 Å². The van der Waals surface area contributed by atoms with Gasteiger partial charge in [-0.1, -0.05) is 19.6 Å². The van der Waals surface area contributed by atoms with E-state index in [2.05, 4.69) is 29.2 Å². The number of hydrogen-bond acceptors (Lipinski definition) is 6. The second kappa shape index (κ2) is 11.4. The molecule has 2 aromatic rings. The average molecular weight is 564 g/mol. The van der Waals surface area contributed by atoms with Gasteiger partial charge in [0.2, 0.25) is 0 Å². The first-order chi connectivity index (χ1) is 15.5. The van der Waals surface area contributed by atoms with Crippen molar-refractivity contribution in [3.05, 3.63) is 63.1 Å². The van der Waals surface area contributed by atoms with Gasteiger partial charge in [-0.2, -0.15) is 0 Å². The lowest BCUT2D eigenvalue weighted by Crippen LogP contribution is -2.29. The topological polar surface area (TPSA) is 60.4 Å². The highest BCUT2D eigenvalue weighted by molar-refractivity contribution is 14.1. The summed E-state index contributed by atoms with van der Waals surface area (Å²) in [5, 5.41) is 0.667. The summed E-state index contributed by atoms with van der Waals surface area (Å²) in [6, 6.07) is 11.3. The van der Waals surface area contributed by atoms with Gasteiger partial charge in [0.1, 0.15) is 12.4 Å². The van der Waals surface area contributed by atoms with Gasteiger partial charge >= 0.3 is 0 Å². The highest BCUT2D eigenvalue weighted by atomic mass is 127. The highest BCUT2D eigenvalue weighted by Crippen LogP contribution is 2.38. The van der Waals surface area contributed by atoms with Gasteiger partial charge in [-0.15, -0.1) is 0 Å². The lowest BCUT2D eigenvalue weighted by Gasteiger charge is -2.14. The van der Waals surface area contributed by atoms with E-state index >= 15 is 0 Å². The van der Waals surface area contributed by atoms with Crippen LogP contribution in [-0.4, -0.2) is 43.3 Å². The molecule has 32 heavy (non-hydrogen) atoms. The van der Waals surface area contributed by atoms with Crippen LogP contribution in [-0.2, 0) is 4.79 Å². The Morgan fingerprint density at radius 2 is 1.94 bits per heavy atom. The van der Waals surface area contributed by atoms with Crippen molar-refractivity contribution in [3.8, 4) is 17.2 Å². The summed E-state index contributed by atoms with van der Waals surface area (Å²) in [5.41, 5.74) is 1.62. The zero-order valence-corrected chi connectivity index (χ0v) is 21.2. The molecule has 6 nitrogen and oxygen atoms in total. The Hall–Kier alpha value is -2.46. The molecule has 0 atom stereocenters. The summed E-state index contributed by atoms with van der Waals surface area (Å²) in [7, 11) is 3.22. The predicted octanol–water partition coefficient (Wildman–Crippen LogP) is 5.89. The van der Waals surface area contributed by atoms with Gasteiger partial charge < -0.3 is 14.2 Å². The molecule has 0 aliphatic carbocycles. The summed E-state index contributed by atoms with van der Waals surface area (Å²) < 4.78 is 17.3. The van der Waals surface area contributed by atoms with Crippen LogP contribution in [0.1, 0.15) is 18.9 Å². The number of hydrogen-bond donors (Lipinski definition) is 0. The van der Waals surface area contributed by atoms with Crippen LogP contribution in [0.3, 0.4) is 0 Å². The zero-order valence-electron chi connectivity index (χ0n) is 18.3. The Labute approximate surface area is 206 Å². The molecule has 1 amide bonds. The van der Waals surface area contributed by atoms with Crippen molar-refractivity contribution < 1.29 is 19.0 Å². The van der Waals surface area contributed by atoms with Crippen molar-refractivity contribution >= 4 is 57.2 Å². The Balaban J connectivity index is 1.93. The Morgan fingerprint density at radius 3 is 2.56 bits per heavy atom. The van der Waals surface area contributed by atoms with E-state index in [-0.39, 0.29) is 5.91 Å². The van der Waals surface area contributed by atoms with Crippen LogP contribution in [0.15, 0.2) is 59.0 Å². The Morgan fingerprint density at radius 1 is 1.19 bits per heavy atom. The monoisotopic (exact) mass is 564 g/mol. The SMILES string of the molecule is C=CCOc1c(I)cc(/C=C2/SC(=Nc3ccc(OC)cc3)N(CCC)C2=O)cc1OC. The van der Waals surface area contributed by atoms with Crippen molar-refractivity contribution in [2.24, 2.45) is 4.99 Å². The minimum atomic E-state index is -0.0509. The number of rotatable bonds is 9. The fraction of sp³-hybridized carbons (Fsp3) is 0.250. The van der Waals surface area contributed by atoms with Crippen LogP contribution in [0.4, 0.5) is 5.69 Å². The first-order valence-electron chi connectivity index (χ1n) is 10.1. The molecular formula is C24H25IN2O4S. The molecule has 0 radical (unpaired) electrons. The van der Waals surface area contributed by atoms with Gasteiger partial charge in [-0.25, -0.2) is 4.99 Å². The molecule has 0 bridgehead atoms. The molecule has 0 unspecified atom stereocenters. The number of aliphatic imine (C=N–C) groups is 1. The maximum absolute atomic E-state index is 13.1. The molecule has 168 valence electrons. The van der Waals surface area contributed by atoms with E-state index in [1.54, 1.807) is 25.2 Å². The van der Waals surface area contributed by atoms with Crippen LogP contribution in [0.25, 0.3) is 6.08 Å². The van der Waals surface area contributed by atoms with Gasteiger partial charge in [0.25, 0.3) is 5.91 Å². The van der Waals surface area contributed by atoms with E-state index in [1.807, 2.05) is 49.4 Å². The van der Waals surface area contributed by atoms with Gasteiger partial charge in [0.05, 0.1) is 28.4 Å². The number of thioether (sulfide) groups is 1. The number of carbonyl (C=O) groups excluding carboxylic acids is 1. The third-order valence-electron chi connectivity index (χ3n) is 4.53. The smallest absolute Gasteiger partial charge is 0.266 e. The molecule has 2 aromatic carbocycles. The van der Waals surface area contributed by atoms with Crippen molar-refractivity contribution in [2.75, 3.05) is 27.4 Å². The lowest BCUT2D eigenvalue weighted by atomic mass is 10.2. The maximum atomic E-state index is 13.1. The normalized spacial score (nSPS) is 16.0. The Kier molecular flexibility index (Phi) is 8.63. The van der Waals surface area contributed by atoms with Gasteiger partial charge in [-0.3, -0.25) is 9.69 Å². The highest BCUT2D eigenvalue weighted by Gasteiger charge is 2.33. The van der Waals surface area contributed by atoms with Crippen LogP contribution in [0.5, 0.6) is 17.2 Å². The second-order valence-corrected chi connectivity index (χ2v) is 8.96. The molecule has 0 spiro atoms. The van der Waals surface area contributed by atoms with Crippen LogP contribution in [0.2, 0.25) is 0 Å². The van der Waals surface area contributed by atoms with E-state index in [0.29, 0.717) is 34.7 Å². The maximum Gasteiger partial charge on any atom is 0.266 e. The molecule has 3 rings (SSSR count). The molecule has 8 heteroatoms. The molecule has 0 aromatic heterocycles. The quantitative estimate of drug-likeness (QED) is 0.216. The summed E-state index contributed by atoms with van der Waals surface area (Å²) in [6.07, 6.45) is 4.39. The van der Waals surface area contributed by atoms with Crippen molar-refractivity contribution in [2.45, 2.75) is 13.3 Å². The zero-order chi connectivity index (χ0) is 23.1. The minimum Gasteiger partial charge on any atom is -0.497 e. The lowest BCUT2D eigenvalue weighted by molar-refractivity contribution is -0.122. The fourth-order valence-electron chi connectivity index (χ4n) is 3.04. The number of benzene rings is 2. The number of carbonyl (C=O) groups is 1. The van der Waals surface area contributed by atoms with E-state index in [1.165, 1.54) is 11.8 Å². The molecule has 1 fully saturated rings. The molecule has 0 saturated carbocycles.